The smallest absolute Gasteiger partial charge is 0.258 e. The van der Waals surface area contributed by atoms with Gasteiger partial charge in [-0.15, -0.1) is 0 Å². The minimum Gasteiger partial charge on any atom is -0.399 e. The third kappa shape index (κ3) is 2.55. The lowest BCUT2D eigenvalue weighted by Gasteiger charge is -1.97. The Balaban J connectivity index is 1.97. The minimum atomic E-state index is 0.422. The lowest BCUT2D eigenvalue weighted by molar-refractivity contribution is 0.432. The molecule has 0 aliphatic carbocycles. The molecule has 0 fully saturated rings. The van der Waals surface area contributed by atoms with Crippen LogP contribution in [0.5, 0.6) is 0 Å². The molecule has 0 unspecified atom stereocenters. The Bertz CT molecular complexity index is 755. The van der Waals surface area contributed by atoms with E-state index in [1.165, 1.54) is 0 Å². The molecule has 0 aliphatic heterocycles. The lowest BCUT2D eigenvalue weighted by atomic mass is 10.2. The molecule has 0 aliphatic rings. The summed E-state index contributed by atoms with van der Waals surface area (Å²) in [6.07, 6.45) is 0. The Kier molecular flexibility index (Phi) is 3.46. The van der Waals surface area contributed by atoms with Crippen LogP contribution in [-0.4, -0.2) is 10.1 Å². The zero-order valence-electron chi connectivity index (χ0n) is 10.2. The third-order valence-electron chi connectivity index (χ3n) is 2.76. The second kappa shape index (κ2) is 5.26. The van der Waals surface area contributed by atoms with Gasteiger partial charge in [-0.05, 0) is 58.4 Å². The molecule has 0 spiro atoms. The monoisotopic (exact) mass is 349 g/mol. The number of hydrogen-bond donors (Lipinski definition) is 1. The highest BCUT2D eigenvalue weighted by Gasteiger charge is 2.11. The highest BCUT2D eigenvalue weighted by atomic mass is 79.9. The zero-order chi connectivity index (χ0) is 14.1. The molecule has 0 radical (unpaired) electrons. The van der Waals surface area contributed by atoms with E-state index in [1.807, 2.05) is 24.3 Å². The van der Waals surface area contributed by atoms with Gasteiger partial charge in [-0.1, -0.05) is 16.8 Å². The molecule has 6 heteroatoms. The predicted octanol–water partition coefficient (Wildman–Crippen LogP) is 4.40. The molecule has 4 nitrogen and oxygen atoms in total. The molecule has 100 valence electrons. The fourth-order valence-electron chi connectivity index (χ4n) is 1.72. The molecule has 2 aromatic carbocycles. The Morgan fingerprint density at radius 3 is 2.45 bits per heavy atom. The average molecular weight is 351 g/mol. The summed E-state index contributed by atoms with van der Waals surface area (Å²) in [5, 5.41) is 4.56. The van der Waals surface area contributed by atoms with Crippen molar-refractivity contribution in [1.82, 2.24) is 10.1 Å². The summed E-state index contributed by atoms with van der Waals surface area (Å²) in [7, 11) is 0. The van der Waals surface area contributed by atoms with E-state index >= 15 is 0 Å². The highest BCUT2D eigenvalue weighted by molar-refractivity contribution is 9.10. The number of hydrogen-bond acceptors (Lipinski definition) is 4. The number of nitrogens with zero attached hydrogens (tertiary/aromatic N) is 2. The van der Waals surface area contributed by atoms with Gasteiger partial charge >= 0.3 is 0 Å². The van der Waals surface area contributed by atoms with Gasteiger partial charge in [0, 0.05) is 21.3 Å². The van der Waals surface area contributed by atoms with Crippen LogP contribution in [0.1, 0.15) is 0 Å². The summed E-state index contributed by atoms with van der Waals surface area (Å²) in [6.45, 7) is 0. The first-order valence-corrected chi connectivity index (χ1v) is 6.95. The van der Waals surface area contributed by atoms with Gasteiger partial charge in [-0.3, -0.25) is 0 Å². The molecule has 3 aromatic rings. The Hall–Kier alpha value is -1.85. The maximum atomic E-state index is 6.05. The van der Waals surface area contributed by atoms with Crippen molar-refractivity contribution in [1.29, 1.82) is 0 Å². The van der Waals surface area contributed by atoms with E-state index in [-0.39, 0.29) is 0 Å². The van der Waals surface area contributed by atoms with Gasteiger partial charge in [0.05, 0.1) is 5.02 Å². The topological polar surface area (TPSA) is 64.9 Å². The van der Waals surface area contributed by atoms with Crippen molar-refractivity contribution in [2.24, 2.45) is 0 Å². The zero-order valence-corrected chi connectivity index (χ0v) is 12.5. The van der Waals surface area contributed by atoms with Gasteiger partial charge in [-0.2, -0.15) is 4.98 Å². The van der Waals surface area contributed by atoms with Gasteiger partial charge in [0.1, 0.15) is 0 Å². The van der Waals surface area contributed by atoms with Crippen LogP contribution in [0.2, 0.25) is 5.02 Å². The predicted molar refractivity (Wildman–Crippen MR) is 82.3 cm³/mol. The van der Waals surface area contributed by atoms with Crippen molar-refractivity contribution in [3.63, 3.8) is 0 Å². The van der Waals surface area contributed by atoms with Crippen molar-refractivity contribution in [3.05, 3.63) is 52.0 Å². The van der Waals surface area contributed by atoms with Crippen LogP contribution >= 0.6 is 27.5 Å². The molecule has 1 heterocycles. The molecular formula is C14H9BrClN3O. The second-order valence-corrected chi connectivity index (χ2v) is 5.44. The van der Waals surface area contributed by atoms with Crippen molar-refractivity contribution < 1.29 is 4.52 Å². The van der Waals surface area contributed by atoms with Gasteiger partial charge in [0.25, 0.3) is 5.89 Å². The molecule has 0 atom stereocenters. The third-order valence-corrected chi connectivity index (χ3v) is 3.99. The van der Waals surface area contributed by atoms with Crippen molar-refractivity contribution in [2.75, 3.05) is 5.73 Å². The maximum absolute atomic E-state index is 6.05. The van der Waals surface area contributed by atoms with E-state index in [0.29, 0.717) is 22.4 Å². The summed E-state index contributed by atoms with van der Waals surface area (Å²) in [6, 6.07) is 12.7. The van der Waals surface area contributed by atoms with Crippen LogP contribution in [0.25, 0.3) is 22.8 Å². The molecule has 0 saturated carbocycles. The number of benzene rings is 2. The van der Waals surface area contributed by atoms with Crippen molar-refractivity contribution in [2.45, 2.75) is 0 Å². The first kappa shape index (κ1) is 13.1. The summed E-state index contributed by atoms with van der Waals surface area (Å²) >= 11 is 9.39. The Morgan fingerprint density at radius 2 is 1.75 bits per heavy atom. The molecular weight excluding hydrogens is 342 g/mol. The lowest BCUT2D eigenvalue weighted by Crippen LogP contribution is -1.85. The summed E-state index contributed by atoms with van der Waals surface area (Å²) in [5.41, 5.74) is 7.96. The molecule has 2 N–H and O–H groups in total. The summed E-state index contributed by atoms with van der Waals surface area (Å²) in [5.74, 6) is 0.935. The first-order valence-electron chi connectivity index (χ1n) is 5.78. The highest BCUT2D eigenvalue weighted by Crippen LogP contribution is 2.29. The fourth-order valence-corrected chi connectivity index (χ4v) is 2.15. The van der Waals surface area contributed by atoms with Gasteiger partial charge < -0.3 is 10.3 Å². The Labute approximate surface area is 128 Å². The van der Waals surface area contributed by atoms with Crippen LogP contribution in [0.4, 0.5) is 5.69 Å². The van der Waals surface area contributed by atoms with Crippen LogP contribution in [-0.2, 0) is 0 Å². The molecule has 0 saturated heterocycles. The number of anilines is 1. The van der Waals surface area contributed by atoms with E-state index < -0.39 is 0 Å². The number of nitrogen functional groups attached to an aromatic ring is 1. The van der Waals surface area contributed by atoms with Gasteiger partial charge in [0.2, 0.25) is 5.82 Å². The minimum absolute atomic E-state index is 0.422. The standard InChI is InChI=1S/C14H9BrClN3O/c15-11-6-3-9(7-12(11)16)14-18-13(19-20-14)8-1-4-10(17)5-2-8/h1-7H,17H2. The second-order valence-electron chi connectivity index (χ2n) is 4.17. The molecule has 0 bridgehead atoms. The molecule has 20 heavy (non-hydrogen) atoms. The number of halogens is 2. The van der Waals surface area contributed by atoms with E-state index in [0.717, 1.165) is 15.6 Å². The van der Waals surface area contributed by atoms with Crippen LogP contribution in [0.3, 0.4) is 0 Å². The summed E-state index contributed by atoms with van der Waals surface area (Å²) in [4.78, 5) is 4.36. The van der Waals surface area contributed by atoms with Crippen LogP contribution in [0, 0.1) is 0 Å². The Morgan fingerprint density at radius 1 is 1.05 bits per heavy atom. The molecule has 1 aromatic heterocycles. The largest absolute Gasteiger partial charge is 0.399 e. The van der Waals surface area contributed by atoms with Gasteiger partial charge in [0.15, 0.2) is 0 Å². The quantitative estimate of drug-likeness (QED) is 0.696. The van der Waals surface area contributed by atoms with E-state index in [4.69, 9.17) is 21.9 Å². The fraction of sp³-hybridized carbons (Fsp3) is 0. The summed E-state index contributed by atoms with van der Waals surface area (Å²) < 4.78 is 6.08. The van der Waals surface area contributed by atoms with Crippen LogP contribution in [0.15, 0.2) is 51.5 Å². The molecule has 0 amide bonds. The number of rotatable bonds is 2. The average Bonchev–Trinajstić information content (AvgIpc) is 2.92. The SMILES string of the molecule is Nc1ccc(-c2noc(-c3ccc(Br)c(Cl)c3)n2)cc1. The number of aromatic nitrogens is 2. The van der Waals surface area contributed by atoms with Crippen LogP contribution < -0.4 is 5.73 Å². The van der Waals surface area contributed by atoms with E-state index in [1.54, 1.807) is 18.2 Å². The molecule has 3 rings (SSSR count). The first-order chi connectivity index (χ1) is 9.63. The van der Waals surface area contributed by atoms with Gasteiger partial charge in [-0.25, -0.2) is 0 Å². The van der Waals surface area contributed by atoms with Crippen molar-refractivity contribution >= 4 is 33.2 Å². The number of nitrogens with two attached hydrogens (primary N) is 1. The van der Waals surface area contributed by atoms with Crippen molar-refractivity contribution in [3.8, 4) is 22.8 Å². The van der Waals surface area contributed by atoms with E-state index in [2.05, 4.69) is 26.1 Å². The maximum Gasteiger partial charge on any atom is 0.258 e. The normalized spacial score (nSPS) is 10.7. The van der Waals surface area contributed by atoms with E-state index in [9.17, 15) is 0 Å².